The monoisotopic (exact) mass is 412 g/mol. The molecule has 0 amide bonds. The molecule has 0 saturated carbocycles. The summed E-state index contributed by atoms with van der Waals surface area (Å²) in [6.07, 6.45) is 1.45. The van der Waals surface area contributed by atoms with Gasteiger partial charge in [-0.2, -0.15) is 0 Å². The predicted molar refractivity (Wildman–Crippen MR) is 116 cm³/mol. The standard InChI is InChI=1S/C22H28N4O4/c1-3-17-21-16(23-26(22(21)28)18-7-4-5-8-19(18)29-2)15-20(27)25(17)10-6-9-24-11-13-30-14-12-24/h4-5,7-8,15,23H,3,6,9-14H2,1-2H3. The largest absolute Gasteiger partial charge is 0.494 e. The molecule has 1 saturated heterocycles. The summed E-state index contributed by atoms with van der Waals surface area (Å²) in [7, 11) is 1.57. The van der Waals surface area contributed by atoms with Crippen LogP contribution in [-0.2, 0) is 17.7 Å². The van der Waals surface area contributed by atoms with E-state index in [2.05, 4.69) is 10.00 Å². The predicted octanol–water partition coefficient (Wildman–Crippen LogP) is 1.77. The molecule has 0 bridgehead atoms. The summed E-state index contributed by atoms with van der Waals surface area (Å²) in [5, 5.41) is 3.66. The van der Waals surface area contributed by atoms with Crippen molar-refractivity contribution in [3.63, 3.8) is 0 Å². The van der Waals surface area contributed by atoms with E-state index in [9.17, 15) is 9.59 Å². The van der Waals surface area contributed by atoms with Crippen LogP contribution in [0.15, 0.2) is 39.9 Å². The van der Waals surface area contributed by atoms with Crippen LogP contribution >= 0.6 is 0 Å². The normalized spacial score (nSPS) is 15.0. The van der Waals surface area contributed by atoms with E-state index in [0.717, 1.165) is 45.0 Å². The van der Waals surface area contributed by atoms with Crippen LogP contribution in [0.3, 0.4) is 0 Å². The first-order valence-electron chi connectivity index (χ1n) is 10.4. The van der Waals surface area contributed by atoms with Gasteiger partial charge in [0.2, 0.25) is 0 Å². The zero-order valence-corrected chi connectivity index (χ0v) is 17.5. The molecule has 30 heavy (non-hydrogen) atoms. The third kappa shape index (κ3) is 3.80. The summed E-state index contributed by atoms with van der Waals surface area (Å²) < 4.78 is 14.0. The topological polar surface area (TPSA) is 81.5 Å². The Balaban J connectivity index is 1.70. The fourth-order valence-electron chi connectivity index (χ4n) is 4.18. The average molecular weight is 412 g/mol. The van der Waals surface area contributed by atoms with Gasteiger partial charge in [-0.05, 0) is 25.0 Å². The second-order valence-electron chi connectivity index (χ2n) is 7.45. The number of nitrogens with one attached hydrogen (secondary N) is 1. The molecule has 8 heteroatoms. The summed E-state index contributed by atoms with van der Waals surface area (Å²) in [6.45, 7) is 6.86. The molecule has 2 aromatic heterocycles. The molecular weight excluding hydrogens is 384 g/mol. The zero-order valence-electron chi connectivity index (χ0n) is 17.5. The Bertz CT molecular complexity index is 1140. The molecule has 0 aliphatic carbocycles. The maximum absolute atomic E-state index is 13.3. The minimum absolute atomic E-state index is 0.0882. The van der Waals surface area contributed by atoms with E-state index in [-0.39, 0.29) is 11.1 Å². The summed E-state index contributed by atoms with van der Waals surface area (Å²) in [5.41, 5.74) is 1.68. The smallest absolute Gasteiger partial charge is 0.281 e. The van der Waals surface area contributed by atoms with Gasteiger partial charge in [0, 0.05) is 37.9 Å². The van der Waals surface area contributed by atoms with E-state index in [1.807, 2.05) is 25.1 Å². The van der Waals surface area contributed by atoms with Crippen LogP contribution in [0.5, 0.6) is 5.75 Å². The minimum atomic E-state index is -0.173. The van der Waals surface area contributed by atoms with Crippen LogP contribution in [-0.4, -0.2) is 59.2 Å². The number of pyridine rings is 1. The van der Waals surface area contributed by atoms with Gasteiger partial charge >= 0.3 is 0 Å². The van der Waals surface area contributed by atoms with Crippen LogP contribution < -0.4 is 15.9 Å². The van der Waals surface area contributed by atoms with Crippen molar-refractivity contribution in [2.24, 2.45) is 0 Å². The summed E-state index contributed by atoms with van der Waals surface area (Å²) in [4.78, 5) is 28.5. The van der Waals surface area contributed by atoms with Gasteiger partial charge in [-0.15, -0.1) is 0 Å². The van der Waals surface area contributed by atoms with E-state index in [1.165, 1.54) is 10.7 Å². The first kappa shape index (κ1) is 20.4. The Hall–Kier alpha value is -2.84. The zero-order chi connectivity index (χ0) is 21.1. The van der Waals surface area contributed by atoms with E-state index in [1.54, 1.807) is 17.7 Å². The molecule has 0 spiro atoms. The Kier molecular flexibility index (Phi) is 6.06. The number of ether oxygens (including phenoxy) is 2. The van der Waals surface area contributed by atoms with Crippen molar-refractivity contribution in [3.8, 4) is 11.4 Å². The Labute approximate surface area is 174 Å². The number of para-hydroxylation sites is 2. The van der Waals surface area contributed by atoms with Gasteiger partial charge in [0.25, 0.3) is 11.1 Å². The number of rotatable bonds is 7. The van der Waals surface area contributed by atoms with Crippen molar-refractivity contribution < 1.29 is 9.47 Å². The van der Waals surface area contributed by atoms with Gasteiger partial charge in [0.15, 0.2) is 0 Å². The number of methoxy groups -OCH3 is 1. The highest BCUT2D eigenvalue weighted by molar-refractivity contribution is 5.81. The van der Waals surface area contributed by atoms with E-state index in [4.69, 9.17) is 9.47 Å². The van der Waals surface area contributed by atoms with Crippen LogP contribution in [0.25, 0.3) is 16.6 Å². The molecule has 1 aliphatic heterocycles. The lowest BCUT2D eigenvalue weighted by atomic mass is 10.2. The van der Waals surface area contributed by atoms with Crippen LogP contribution in [0.2, 0.25) is 0 Å². The summed E-state index contributed by atoms with van der Waals surface area (Å²) in [6, 6.07) is 8.85. The minimum Gasteiger partial charge on any atom is -0.494 e. The molecule has 3 heterocycles. The lowest BCUT2D eigenvalue weighted by Crippen LogP contribution is -2.37. The van der Waals surface area contributed by atoms with Crippen LogP contribution in [0, 0.1) is 0 Å². The van der Waals surface area contributed by atoms with Gasteiger partial charge in [-0.25, -0.2) is 4.68 Å². The average Bonchev–Trinajstić information content (AvgIpc) is 3.10. The highest BCUT2D eigenvalue weighted by Gasteiger charge is 2.18. The summed E-state index contributed by atoms with van der Waals surface area (Å²) >= 11 is 0. The Morgan fingerprint density at radius 2 is 1.90 bits per heavy atom. The lowest BCUT2D eigenvalue weighted by Gasteiger charge is -2.26. The molecular formula is C22H28N4O4. The number of aromatic nitrogens is 3. The van der Waals surface area contributed by atoms with Gasteiger partial charge < -0.3 is 14.0 Å². The first-order valence-corrected chi connectivity index (χ1v) is 10.4. The van der Waals surface area contributed by atoms with Crippen molar-refractivity contribution in [1.29, 1.82) is 0 Å². The number of benzene rings is 1. The van der Waals surface area contributed by atoms with E-state index < -0.39 is 0 Å². The molecule has 1 aromatic carbocycles. The Morgan fingerprint density at radius 1 is 1.13 bits per heavy atom. The van der Waals surface area contributed by atoms with Crippen molar-refractivity contribution in [1.82, 2.24) is 19.2 Å². The Morgan fingerprint density at radius 3 is 2.63 bits per heavy atom. The van der Waals surface area contributed by atoms with Crippen molar-refractivity contribution in [3.05, 3.63) is 56.7 Å². The van der Waals surface area contributed by atoms with E-state index >= 15 is 0 Å². The molecule has 8 nitrogen and oxygen atoms in total. The molecule has 0 unspecified atom stereocenters. The molecule has 4 rings (SSSR count). The lowest BCUT2D eigenvalue weighted by molar-refractivity contribution is 0.0369. The van der Waals surface area contributed by atoms with E-state index in [0.29, 0.717) is 35.3 Å². The van der Waals surface area contributed by atoms with Gasteiger partial charge in [0.05, 0.1) is 31.2 Å². The van der Waals surface area contributed by atoms with Crippen molar-refractivity contribution >= 4 is 10.9 Å². The van der Waals surface area contributed by atoms with Crippen molar-refractivity contribution in [2.45, 2.75) is 26.3 Å². The number of hydrogen-bond donors (Lipinski definition) is 1. The fourth-order valence-corrected chi connectivity index (χ4v) is 4.18. The third-order valence-corrected chi connectivity index (χ3v) is 5.69. The van der Waals surface area contributed by atoms with Gasteiger partial charge in [-0.3, -0.25) is 19.6 Å². The number of aromatic amines is 1. The molecule has 1 aliphatic rings. The number of fused-ring (bicyclic) bond motifs is 1. The maximum Gasteiger partial charge on any atom is 0.281 e. The number of H-pyrrole nitrogens is 1. The number of morpholine rings is 1. The molecule has 0 atom stereocenters. The maximum atomic E-state index is 13.3. The van der Waals surface area contributed by atoms with Crippen LogP contribution in [0.4, 0.5) is 0 Å². The fraction of sp³-hybridized carbons (Fsp3) is 0.455. The second kappa shape index (κ2) is 8.89. The first-order chi connectivity index (χ1) is 14.6. The third-order valence-electron chi connectivity index (χ3n) is 5.69. The molecule has 0 radical (unpaired) electrons. The molecule has 1 fully saturated rings. The van der Waals surface area contributed by atoms with Gasteiger partial charge in [0.1, 0.15) is 11.4 Å². The molecule has 160 valence electrons. The SMILES string of the molecule is CCc1c2c(=O)n(-c3ccccc3OC)[nH]c2cc(=O)n1CCCN1CCOCC1. The number of aryl methyl sites for hydroxylation is 1. The summed E-state index contributed by atoms with van der Waals surface area (Å²) in [5.74, 6) is 0.588. The second-order valence-corrected chi connectivity index (χ2v) is 7.45. The van der Waals surface area contributed by atoms with Gasteiger partial charge in [-0.1, -0.05) is 19.1 Å². The highest BCUT2D eigenvalue weighted by Crippen LogP contribution is 2.22. The molecule has 1 N–H and O–H groups in total. The highest BCUT2D eigenvalue weighted by atomic mass is 16.5. The van der Waals surface area contributed by atoms with Crippen molar-refractivity contribution in [2.75, 3.05) is 40.0 Å². The number of nitrogens with zero attached hydrogens (tertiary/aromatic N) is 3. The quantitative estimate of drug-likeness (QED) is 0.640. The van der Waals surface area contributed by atoms with Crippen LogP contribution in [0.1, 0.15) is 19.0 Å². The number of hydrogen-bond acceptors (Lipinski definition) is 5. The molecule has 3 aromatic rings.